The second-order valence-electron chi connectivity index (χ2n) is 7.11. The molecule has 27 heavy (non-hydrogen) atoms. The van der Waals surface area contributed by atoms with E-state index in [1.807, 2.05) is 50.2 Å². The Kier molecular flexibility index (Phi) is 6.26. The number of amides is 2. The van der Waals surface area contributed by atoms with Gasteiger partial charge in [-0.1, -0.05) is 24.9 Å². The Hall–Kier alpha value is -2.22. The number of thiol groups is 1. The predicted octanol–water partition coefficient (Wildman–Crippen LogP) is 3.30. The van der Waals surface area contributed by atoms with Gasteiger partial charge in [-0.3, -0.25) is 4.31 Å². The summed E-state index contributed by atoms with van der Waals surface area (Å²) in [7, 11) is 3.98. The first-order valence-corrected chi connectivity index (χ1v) is 9.86. The molecule has 0 spiro atoms. The molecule has 0 radical (unpaired) electrons. The minimum absolute atomic E-state index is 0.120. The molecule has 1 aromatic heterocycles. The van der Waals surface area contributed by atoms with Gasteiger partial charge in [-0.05, 0) is 44.7 Å². The Labute approximate surface area is 166 Å². The van der Waals surface area contributed by atoms with E-state index in [2.05, 4.69) is 28.4 Å². The number of anilines is 2. The van der Waals surface area contributed by atoms with Crippen LogP contribution in [0.1, 0.15) is 32.6 Å². The van der Waals surface area contributed by atoms with Gasteiger partial charge in [-0.25, -0.2) is 9.78 Å². The molecule has 1 fully saturated rings. The average molecular weight is 389 g/mol. The normalized spacial score (nSPS) is 19.6. The zero-order valence-electron chi connectivity index (χ0n) is 16.1. The van der Waals surface area contributed by atoms with E-state index in [1.54, 1.807) is 0 Å². The molecule has 0 bridgehead atoms. The molecule has 0 atom stereocenters. The minimum Gasteiger partial charge on any atom is -0.362 e. The van der Waals surface area contributed by atoms with E-state index < -0.39 is 0 Å². The van der Waals surface area contributed by atoms with Crippen LogP contribution in [0.25, 0.3) is 10.9 Å². The number of carbonyl (C=O) groups excluding carboxylic acids is 1. The molecular formula is C19H28N6OS. The van der Waals surface area contributed by atoms with E-state index in [0.29, 0.717) is 18.5 Å². The molecule has 0 unspecified atom stereocenters. The summed E-state index contributed by atoms with van der Waals surface area (Å²) in [6, 6.07) is 8.39. The van der Waals surface area contributed by atoms with Crippen molar-refractivity contribution in [3.8, 4) is 0 Å². The Morgan fingerprint density at radius 2 is 1.89 bits per heavy atom. The van der Waals surface area contributed by atoms with Crippen molar-refractivity contribution < 1.29 is 4.79 Å². The van der Waals surface area contributed by atoms with Crippen LogP contribution in [0.5, 0.6) is 0 Å². The Morgan fingerprint density at radius 1 is 1.19 bits per heavy atom. The lowest BCUT2D eigenvalue weighted by Gasteiger charge is -2.34. The number of fused-ring (bicyclic) bond motifs is 1. The van der Waals surface area contributed by atoms with Gasteiger partial charge in [-0.2, -0.15) is 4.98 Å². The first-order chi connectivity index (χ1) is 13.0. The number of para-hydroxylation sites is 1. The fourth-order valence-corrected chi connectivity index (χ4v) is 3.81. The number of carbonyl (C=O) groups is 1. The third-order valence-corrected chi connectivity index (χ3v) is 5.43. The van der Waals surface area contributed by atoms with E-state index >= 15 is 0 Å². The van der Waals surface area contributed by atoms with Gasteiger partial charge >= 0.3 is 6.03 Å². The third kappa shape index (κ3) is 4.55. The Morgan fingerprint density at radius 3 is 2.56 bits per heavy atom. The summed E-state index contributed by atoms with van der Waals surface area (Å²) in [5.74, 6) is 1.57. The molecule has 3 rings (SSSR count). The molecule has 1 aromatic carbocycles. The van der Waals surface area contributed by atoms with E-state index in [4.69, 9.17) is 4.98 Å². The largest absolute Gasteiger partial charge is 0.362 e. The van der Waals surface area contributed by atoms with Crippen molar-refractivity contribution in [3.63, 3.8) is 0 Å². The lowest BCUT2D eigenvalue weighted by Crippen LogP contribution is -2.43. The van der Waals surface area contributed by atoms with Crippen molar-refractivity contribution in [3.05, 3.63) is 24.3 Å². The quantitative estimate of drug-likeness (QED) is 0.686. The number of benzene rings is 1. The van der Waals surface area contributed by atoms with Gasteiger partial charge in [0.1, 0.15) is 5.82 Å². The van der Waals surface area contributed by atoms with Crippen LogP contribution in [-0.4, -0.2) is 53.0 Å². The van der Waals surface area contributed by atoms with E-state index in [0.717, 1.165) is 42.4 Å². The molecule has 1 aliphatic rings. The van der Waals surface area contributed by atoms with E-state index in [-0.39, 0.29) is 12.1 Å². The first kappa shape index (κ1) is 19.5. The van der Waals surface area contributed by atoms with Gasteiger partial charge in [-0.15, -0.1) is 0 Å². The van der Waals surface area contributed by atoms with E-state index in [1.165, 1.54) is 4.31 Å². The van der Waals surface area contributed by atoms with Gasteiger partial charge in [0.05, 0.1) is 5.52 Å². The van der Waals surface area contributed by atoms with Crippen LogP contribution >= 0.6 is 12.8 Å². The number of nitrogens with zero attached hydrogens (tertiary/aromatic N) is 4. The maximum absolute atomic E-state index is 11.9. The summed E-state index contributed by atoms with van der Waals surface area (Å²) in [5.41, 5.74) is 0.935. The summed E-state index contributed by atoms with van der Waals surface area (Å²) in [6.07, 6.45) is 3.72. The van der Waals surface area contributed by atoms with Crippen molar-refractivity contribution in [1.29, 1.82) is 0 Å². The summed E-state index contributed by atoms with van der Waals surface area (Å²) in [4.78, 5) is 23.3. The fraction of sp³-hybridized carbons (Fsp3) is 0.526. The molecule has 1 heterocycles. The predicted molar refractivity (Wildman–Crippen MR) is 113 cm³/mol. The molecule has 8 heteroatoms. The highest BCUT2D eigenvalue weighted by molar-refractivity contribution is 7.78. The molecule has 1 saturated carbocycles. The van der Waals surface area contributed by atoms with Crippen LogP contribution in [0.15, 0.2) is 24.3 Å². The topological polar surface area (TPSA) is 73.4 Å². The van der Waals surface area contributed by atoms with Crippen LogP contribution in [0, 0.1) is 0 Å². The Balaban J connectivity index is 1.66. The second-order valence-corrected chi connectivity index (χ2v) is 7.54. The van der Waals surface area contributed by atoms with Gasteiger partial charge in [0.2, 0.25) is 5.95 Å². The molecular weight excluding hydrogens is 360 g/mol. The molecule has 7 nitrogen and oxygen atoms in total. The number of hydrogen-bond acceptors (Lipinski definition) is 6. The lowest BCUT2D eigenvalue weighted by atomic mass is 9.91. The number of aromatic nitrogens is 2. The highest BCUT2D eigenvalue weighted by atomic mass is 32.1. The minimum atomic E-state index is -0.120. The summed E-state index contributed by atoms with van der Waals surface area (Å²) < 4.78 is 1.54. The van der Waals surface area contributed by atoms with Crippen LogP contribution in [-0.2, 0) is 0 Å². The highest BCUT2D eigenvalue weighted by Crippen LogP contribution is 2.28. The lowest BCUT2D eigenvalue weighted by molar-refractivity contribution is 0.205. The third-order valence-electron chi connectivity index (χ3n) is 4.92. The molecule has 1 aliphatic carbocycles. The summed E-state index contributed by atoms with van der Waals surface area (Å²) in [6.45, 7) is 2.52. The SMILES string of the molecule is CCNC(=O)N(S)C1CCC(Nc2nc(N(C)C)c3ccccc3n2)CC1. The number of hydrogen-bond donors (Lipinski definition) is 3. The maximum atomic E-state index is 11.9. The molecule has 2 N–H and O–H groups in total. The van der Waals surface area contributed by atoms with Crippen molar-refractivity contribution in [2.75, 3.05) is 30.9 Å². The van der Waals surface area contributed by atoms with Crippen molar-refractivity contribution in [2.24, 2.45) is 0 Å². The fourth-order valence-electron chi connectivity index (χ4n) is 3.51. The van der Waals surface area contributed by atoms with Gasteiger partial charge < -0.3 is 15.5 Å². The van der Waals surface area contributed by atoms with Crippen molar-refractivity contribution in [1.82, 2.24) is 19.6 Å². The molecule has 2 aromatic rings. The molecule has 2 amide bonds. The van der Waals surface area contributed by atoms with E-state index in [9.17, 15) is 4.79 Å². The first-order valence-electron chi connectivity index (χ1n) is 9.46. The second kappa shape index (κ2) is 8.65. The smallest absolute Gasteiger partial charge is 0.327 e. The summed E-state index contributed by atoms with van der Waals surface area (Å²) >= 11 is 4.38. The standard InChI is InChI=1S/C19H28N6OS/c1-4-20-19(26)25(27)14-11-9-13(10-12-14)21-18-22-16-8-6-5-7-15(16)17(23-18)24(2)3/h5-8,13-14,27H,4,9-12H2,1-3H3,(H,20,26)(H,21,22,23). The molecule has 146 valence electrons. The number of urea groups is 1. The molecule has 0 saturated heterocycles. The zero-order valence-corrected chi connectivity index (χ0v) is 17.0. The number of rotatable bonds is 5. The Bertz CT molecular complexity index is 791. The highest BCUT2D eigenvalue weighted by Gasteiger charge is 2.27. The van der Waals surface area contributed by atoms with Crippen molar-refractivity contribution in [2.45, 2.75) is 44.7 Å². The number of nitrogens with one attached hydrogen (secondary N) is 2. The van der Waals surface area contributed by atoms with Crippen LogP contribution in [0.4, 0.5) is 16.6 Å². The van der Waals surface area contributed by atoms with Gasteiger partial charge in [0, 0.05) is 38.1 Å². The monoisotopic (exact) mass is 388 g/mol. The summed E-state index contributed by atoms with van der Waals surface area (Å²) in [5, 5.41) is 7.33. The zero-order chi connectivity index (χ0) is 19.4. The molecule has 0 aliphatic heterocycles. The van der Waals surface area contributed by atoms with Gasteiger partial charge in [0.25, 0.3) is 0 Å². The maximum Gasteiger partial charge on any atom is 0.327 e. The van der Waals surface area contributed by atoms with Crippen LogP contribution in [0.3, 0.4) is 0 Å². The van der Waals surface area contributed by atoms with Crippen molar-refractivity contribution >= 4 is 41.5 Å². The van der Waals surface area contributed by atoms with Crippen LogP contribution in [0.2, 0.25) is 0 Å². The van der Waals surface area contributed by atoms with Gasteiger partial charge in [0.15, 0.2) is 0 Å². The van der Waals surface area contributed by atoms with Crippen LogP contribution < -0.4 is 15.5 Å². The average Bonchev–Trinajstić information content (AvgIpc) is 2.67.